The van der Waals surface area contributed by atoms with Crippen LogP contribution in [0.4, 0.5) is 0 Å². The number of esters is 1. The average Bonchev–Trinajstić information content (AvgIpc) is 2.97. The molecule has 1 unspecified atom stereocenters. The SMILES string of the molecule is CCOc1cc(C2C(C#N)=C(N)Oc3cc(OC(=O)c4ccc(C)cc4)ccc32)ccc1OCc1ccc(Cl)cc1. The second-order valence-corrected chi connectivity index (χ2v) is 9.87. The zero-order valence-corrected chi connectivity index (χ0v) is 23.3. The first kappa shape index (κ1) is 27.6. The highest BCUT2D eigenvalue weighted by Crippen LogP contribution is 2.45. The summed E-state index contributed by atoms with van der Waals surface area (Å²) in [5.41, 5.74) is 10.4. The number of nitriles is 1. The van der Waals surface area contributed by atoms with Crippen LogP contribution in [-0.2, 0) is 6.61 Å². The minimum atomic E-state index is -0.532. The fourth-order valence-corrected chi connectivity index (χ4v) is 4.66. The van der Waals surface area contributed by atoms with E-state index in [0.29, 0.717) is 52.4 Å². The number of nitrogens with zero attached hydrogens (tertiary/aromatic N) is 1. The second-order valence-electron chi connectivity index (χ2n) is 9.43. The van der Waals surface area contributed by atoms with Gasteiger partial charge in [0.05, 0.1) is 18.1 Å². The lowest BCUT2D eigenvalue weighted by Gasteiger charge is -2.27. The Hall–Kier alpha value is -4.93. The molecule has 8 heteroatoms. The zero-order valence-electron chi connectivity index (χ0n) is 22.5. The molecule has 0 amide bonds. The molecule has 0 aliphatic carbocycles. The Morgan fingerprint density at radius 3 is 2.44 bits per heavy atom. The van der Waals surface area contributed by atoms with Gasteiger partial charge in [0.1, 0.15) is 29.7 Å². The number of carbonyl (C=O) groups is 1. The minimum Gasteiger partial charge on any atom is -0.490 e. The summed E-state index contributed by atoms with van der Waals surface area (Å²) in [6, 6.07) is 27.3. The zero-order chi connectivity index (χ0) is 28.9. The summed E-state index contributed by atoms with van der Waals surface area (Å²) < 4.78 is 23.4. The molecule has 0 bridgehead atoms. The van der Waals surface area contributed by atoms with Gasteiger partial charge in [-0.05, 0) is 67.4 Å². The number of rotatable bonds is 8. The number of fused-ring (bicyclic) bond motifs is 1. The van der Waals surface area contributed by atoms with Crippen LogP contribution in [0.2, 0.25) is 5.02 Å². The van der Waals surface area contributed by atoms with Crippen molar-refractivity contribution >= 4 is 17.6 Å². The summed E-state index contributed by atoms with van der Waals surface area (Å²) in [6.07, 6.45) is 0. The molecule has 1 aliphatic heterocycles. The lowest BCUT2D eigenvalue weighted by atomic mass is 9.83. The Morgan fingerprint density at radius 1 is 0.976 bits per heavy atom. The first-order chi connectivity index (χ1) is 19.9. The van der Waals surface area contributed by atoms with Crippen molar-refractivity contribution < 1.29 is 23.7 Å². The maximum Gasteiger partial charge on any atom is 0.343 e. The number of ether oxygens (including phenoxy) is 4. The Kier molecular flexibility index (Phi) is 8.14. The Bertz CT molecular complexity index is 1660. The minimum absolute atomic E-state index is 0.0203. The van der Waals surface area contributed by atoms with Gasteiger partial charge in [0.25, 0.3) is 0 Å². The fourth-order valence-electron chi connectivity index (χ4n) is 4.53. The van der Waals surface area contributed by atoms with Crippen LogP contribution in [0.3, 0.4) is 0 Å². The molecule has 41 heavy (non-hydrogen) atoms. The maximum atomic E-state index is 12.7. The van der Waals surface area contributed by atoms with Gasteiger partial charge in [-0.15, -0.1) is 0 Å². The second kappa shape index (κ2) is 12.1. The van der Waals surface area contributed by atoms with Gasteiger partial charge in [-0.25, -0.2) is 4.79 Å². The Morgan fingerprint density at radius 2 is 1.73 bits per heavy atom. The lowest BCUT2D eigenvalue weighted by Crippen LogP contribution is -2.21. The molecule has 1 aliphatic rings. The third kappa shape index (κ3) is 6.13. The predicted octanol–water partition coefficient (Wildman–Crippen LogP) is 7.06. The van der Waals surface area contributed by atoms with E-state index in [1.165, 1.54) is 0 Å². The van der Waals surface area contributed by atoms with Crippen LogP contribution in [0.1, 0.15) is 45.5 Å². The van der Waals surface area contributed by atoms with Crippen molar-refractivity contribution in [2.24, 2.45) is 5.73 Å². The summed E-state index contributed by atoms with van der Waals surface area (Å²) in [6.45, 7) is 4.58. The Labute approximate surface area is 243 Å². The molecule has 1 atom stereocenters. The van der Waals surface area contributed by atoms with E-state index in [0.717, 1.165) is 16.7 Å². The van der Waals surface area contributed by atoms with Gasteiger partial charge in [-0.2, -0.15) is 5.26 Å². The van der Waals surface area contributed by atoms with E-state index in [9.17, 15) is 10.1 Å². The van der Waals surface area contributed by atoms with Crippen LogP contribution >= 0.6 is 11.6 Å². The van der Waals surface area contributed by atoms with Crippen molar-refractivity contribution in [3.05, 3.63) is 129 Å². The predicted molar refractivity (Wildman–Crippen MR) is 155 cm³/mol. The lowest BCUT2D eigenvalue weighted by molar-refractivity contribution is 0.0734. The average molecular weight is 567 g/mol. The van der Waals surface area contributed by atoms with E-state index >= 15 is 0 Å². The van der Waals surface area contributed by atoms with Gasteiger partial charge in [0, 0.05) is 16.7 Å². The largest absolute Gasteiger partial charge is 0.490 e. The van der Waals surface area contributed by atoms with Crippen LogP contribution in [0.15, 0.2) is 96.4 Å². The van der Waals surface area contributed by atoms with Gasteiger partial charge in [0.2, 0.25) is 5.88 Å². The molecular weight excluding hydrogens is 540 g/mol. The number of aryl methyl sites for hydroxylation is 1. The van der Waals surface area contributed by atoms with E-state index in [1.54, 1.807) is 30.3 Å². The molecule has 0 saturated heterocycles. The molecule has 4 aromatic rings. The smallest absolute Gasteiger partial charge is 0.343 e. The number of hydrogen-bond donors (Lipinski definition) is 1. The monoisotopic (exact) mass is 566 g/mol. The fraction of sp³-hybridized carbons (Fsp3) is 0.152. The van der Waals surface area contributed by atoms with E-state index in [1.807, 2.05) is 68.4 Å². The van der Waals surface area contributed by atoms with Crippen LogP contribution in [0.25, 0.3) is 0 Å². The summed E-state index contributed by atoms with van der Waals surface area (Å²) in [5, 5.41) is 10.6. The van der Waals surface area contributed by atoms with Crippen molar-refractivity contribution in [1.29, 1.82) is 5.26 Å². The molecule has 2 N–H and O–H groups in total. The van der Waals surface area contributed by atoms with E-state index < -0.39 is 11.9 Å². The van der Waals surface area contributed by atoms with Crippen molar-refractivity contribution in [2.45, 2.75) is 26.4 Å². The molecule has 4 aromatic carbocycles. The molecule has 7 nitrogen and oxygen atoms in total. The third-order valence-corrected chi connectivity index (χ3v) is 6.85. The number of hydrogen-bond acceptors (Lipinski definition) is 7. The van der Waals surface area contributed by atoms with Gasteiger partial charge >= 0.3 is 5.97 Å². The highest BCUT2D eigenvalue weighted by atomic mass is 35.5. The molecule has 0 aromatic heterocycles. The first-order valence-corrected chi connectivity index (χ1v) is 13.4. The van der Waals surface area contributed by atoms with Crippen LogP contribution in [-0.4, -0.2) is 12.6 Å². The summed E-state index contributed by atoms with van der Waals surface area (Å²) in [4.78, 5) is 12.7. The summed E-state index contributed by atoms with van der Waals surface area (Å²) in [7, 11) is 0. The van der Waals surface area contributed by atoms with Gasteiger partial charge in [-0.3, -0.25) is 0 Å². The third-order valence-electron chi connectivity index (χ3n) is 6.60. The summed E-state index contributed by atoms with van der Waals surface area (Å²) >= 11 is 5.99. The standard InChI is InChI=1S/C33H27ClN2O5/c1-3-38-30-16-23(10-15-28(30)39-19-21-6-11-24(34)12-7-21)31-26-14-13-25(17-29(26)41-32(36)27(31)18-35)40-33(37)22-8-4-20(2)5-9-22/h4-17,31H,3,19,36H2,1-2H3. The van der Waals surface area contributed by atoms with Crippen molar-refractivity contribution in [3.63, 3.8) is 0 Å². The van der Waals surface area contributed by atoms with Crippen molar-refractivity contribution in [2.75, 3.05) is 6.61 Å². The number of benzene rings is 4. The highest BCUT2D eigenvalue weighted by molar-refractivity contribution is 6.30. The summed E-state index contributed by atoms with van der Waals surface area (Å²) in [5.74, 6) is 0.736. The van der Waals surface area contributed by atoms with E-state index in [4.69, 9.17) is 36.3 Å². The normalized spacial score (nSPS) is 14.0. The van der Waals surface area contributed by atoms with Gasteiger partial charge < -0.3 is 24.7 Å². The maximum absolute atomic E-state index is 12.7. The topological polar surface area (TPSA) is 104 Å². The number of allylic oxidation sites excluding steroid dienone is 1. The van der Waals surface area contributed by atoms with Gasteiger partial charge in [-0.1, -0.05) is 53.6 Å². The first-order valence-electron chi connectivity index (χ1n) is 13.0. The molecule has 206 valence electrons. The van der Waals surface area contributed by atoms with Crippen molar-refractivity contribution in [3.8, 4) is 29.1 Å². The molecule has 0 saturated carbocycles. The van der Waals surface area contributed by atoms with Crippen LogP contribution in [0.5, 0.6) is 23.0 Å². The molecule has 0 radical (unpaired) electrons. The molecule has 0 fully saturated rings. The van der Waals surface area contributed by atoms with Crippen LogP contribution < -0.4 is 24.7 Å². The highest BCUT2D eigenvalue weighted by Gasteiger charge is 2.32. The number of carbonyl (C=O) groups excluding carboxylic acids is 1. The van der Waals surface area contributed by atoms with Gasteiger partial charge in [0.15, 0.2) is 11.5 Å². The molecule has 1 heterocycles. The number of nitrogens with two attached hydrogens (primary N) is 1. The van der Waals surface area contributed by atoms with E-state index in [-0.39, 0.29) is 11.5 Å². The quantitative estimate of drug-likeness (QED) is 0.180. The molecule has 0 spiro atoms. The molecular formula is C33H27ClN2O5. The van der Waals surface area contributed by atoms with Crippen LogP contribution in [0, 0.1) is 18.3 Å². The number of halogens is 1. The van der Waals surface area contributed by atoms with E-state index in [2.05, 4.69) is 6.07 Å². The molecule has 5 rings (SSSR count). The van der Waals surface area contributed by atoms with Crippen molar-refractivity contribution in [1.82, 2.24) is 0 Å². The Balaban J connectivity index is 1.44.